The molecule has 0 aliphatic carbocycles. The molecule has 0 saturated carbocycles. The van der Waals surface area contributed by atoms with E-state index < -0.39 is 5.41 Å². The number of piperazine rings is 1. The highest BCUT2D eigenvalue weighted by Gasteiger charge is 2.40. The molecule has 12 nitrogen and oxygen atoms in total. The van der Waals surface area contributed by atoms with Gasteiger partial charge in [0.1, 0.15) is 10.8 Å². The van der Waals surface area contributed by atoms with Crippen LogP contribution in [0.15, 0.2) is 42.6 Å². The topological polar surface area (TPSA) is 132 Å². The lowest BCUT2D eigenvalue weighted by Gasteiger charge is -2.39. The molecule has 0 bridgehead atoms. The number of hydrogen-bond acceptors (Lipinski definition) is 9. The fraction of sp³-hybridized carbons (Fsp3) is 0.441. The van der Waals surface area contributed by atoms with E-state index in [4.69, 9.17) is 16.3 Å². The van der Waals surface area contributed by atoms with E-state index in [1.165, 1.54) is 6.20 Å². The molecule has 3 aliphatic heterocycles. The van der Waals surface area contributed by atoms with Crippen LogP contribution in [0.25, 0.3) is 0 Å². The molecule has 2 saturated heterocycles. The van der Waals surface area contributed by atoms with Crippen molar-refractivity contribution in [2.75, 3.05) is 67.2 Å². The number of anilines is 5. The highest BCUT2D eigenvalue weighted by molar-refractivity contribution is 6.32. The molecule has 13 heteroatoms. The lowest BCUT2D eigenvalue weighted by Crippen LogP contribution is -2.52. The predicted molar refractivity (Wildman–Crippen MR) is 183 cm³/mol. The van der Waals surface area contributed by atoms with E-state index in [2.05, 4.69) is 30.8 Å². The Morgan fingerprint density at radius 2 is 1.81 bits per heavy atom. The molecule has 3 aliphatic rings. The highest BCUT2D eigenvalue weighted by Crippen LogP contribution is 2.40. The summed E-state index contributed by atoms with van der Waals surface area (Å²) >= 11 is 6.47. The zero-order valence-electron chi connectivity index (χ0n) is 27.2. The van der Waals surface area contributed by atoms with E-state index in [0.29, 0.717) is 60.9 Å². The molecule has 2 aromatic carbocycles. The van der Waals surface area contributed by atoms with Gasteiger partial charge in [0.05, 0.1) is 24.4 Å². The number of hydrogen-bond donors (Lipinski definition) is 3. The third-order valence-electron chi connectivity index (χ3n) is 9.46. The molecule has 4 heterocycles. The monoisotopic (exact) mass is 660 g/mol. The summed E-state index contributed by atoms with van der Waals surface area (Å²) < 4.78 is 5.73. The Hall–Kier alpha value is -4.58. The van der Waals surface area contributed by atoms with Crippen LogP contribution in [-0.2, 0) is 26.3 Å². The molecule has 1 aromatic heterocycles. The van der Waals surface area contributed by atoms with Crippen LogP contribution in [0.5, 0.6) is 5.75 Å². The van der Waals surface area contributed by atoms with Crippen molar-refractivity contribution < 1.29 is 19.1 Å². The van der Waals surface area contributed by atoms with E-state index in [1.807, 2.05) is 60.0 Å². The van der Waals surface area contributed by atoms with Gasteiger partial charge in [-0.1, -0.05) is 23.7 Å². The van der Waals surface area contributed by atoms with Crippen molar-refractivity contribution in [2.24, 2.45) is 5.92 Å². The first-order chi connectivity index (χ1) is 22.5. The molecule has 0 spiro atoms. The van der Waals surface area contributed by atoms with Crippen LogP contribution in [-0.4, -0.2) is 83.9 Å². The number of methoxy groups -OCH3 is 1. The number of carbonyl (C=O) groups excluding carboxylic acids is 3. The fourth-order valence-electron chi connectivity index (χ4n) is 6.70. The third kappa shape index (κ3) is 6.64. The largest absolute Gasteiger partial charge is 0.494 e. The first-order valence-corrected chi connectivity index (χ1v) is 16.4. The summed E-state index contributed by atoms with van der Waals surface area (Å²) in [7, 11) is 1.62. The van der Waals surface area contributed by atoms with E-state index in [1.54, 1.807) is 14.0 Å². The summed E-state index contributed by atoms with van der Waals surface area (Å²) in [5.74, 6) is 1.68. The molecule has 0 unspecified atom stereocenters. The maximum Gasteiger partial charge on any atom is 0.234 e. The molecule has 3 amide bonds. The maximum absolute atomic E-state index is 13.2. The number of carbonyl (C=O) groups is 3. The predicted octanol–water partition coefficient (Wildman–Crippen LogP) is 4.63. The quantitative estimate of drug-likeness (QED) is 0.316. The molecule has 2 fully saturated rings. The Morgan fingerprint density at radius 3 is 2.51 bits per heavy atom. The Balaban J connectivity index is 1.08. The summed E-state index contributed by atoms with van der Waals surface area (Å²) in [5.41, 5.74) is 3.82. The van der Waals surface area contributed by atoms with Crippen molar-refractivity contribution in [2.45, 2.75) is 45.6 Å². The number of likely N-dealkylation sites (tertiary alicyclic amines) is 1. The minimum absolute atomic E-state index is 0.0115. The molecular formula is C34H41ClN8O4. The Bertz CT molecular complexity index is 1680. The molecule has 6 rings (SSSR count). The molecule has 47 heavy (non-hydrogen) atoms. The van der Waals surface area contributed by atoms with Gasteiger partial charge in [0.15, 0.2) is 5.82 Å². The van der Waals surface area contributed by atoms with Gasteiger partial charge in [0.2, 0.25) is 23.7 Å². The number of piperidine rings is 1. The lowest BCUT2D eigenvalue weighted by atomic mass is 9.83. The number of fused-ring (bicyclic) bond motifs is 1. The smallest absolute Gasteiger partial charge is 0.234 e. The van der Waals surface area contributed by atoms with Gasteiger partial charge in [0.25, 0.3) is 0 Å². The number of ether oxygens (including phenoxy) is 1. The van der Waals surface area contributed by atoms with Gasteiger partial charge < -0.3 is 35.4 Å². The van der Waals surface area contributed by atoms with Gasteiger partial charge in [0, 0.05) is 76.1 Å². The van der Waals surface area contributed by atoms with Crippen molar-refractivity contribution in [1.29, 1.82) is 0 Å². The van der Waals surface area contributed by atoms with Gasteiger partial charge in [-0.05, 0) is 56.0 Å². The second-order valence-electron chi connectivity index (χ2n) is 12.8. The SMILES string of the molecule is COc1cc(N2CCN(C(=O)C3CCN(C(C)=O)CC3)CC2)ccc1Nc1ncc(Cl)c(NCc2cccc3c2C(C)(C)C(=O)N3)n1. The van der Waals surface area contributed by atoms with Crippen LogP contribution in [0, 0.1) is 5.92 Å². The number of nitrogens with one attached hydrogen (secondary N) is 3. The summed E-state index contributed by atoms with van der Waals surface area (Å²) in [6.45, 7) is 9.89. The average molecular weight is 661 g/mol. The number of rotatable bonds is 8. The van der Waals surface area contributed by atoms with Gasteiger partial charge in [-0.25, -0.2) is 4.98 Å². The van der Waals surface area contributed by atoms with Crippen molar-refractivity contribution in [3.8, 4) is 5.75 Å². The number of amides is 3. The summed E-state index contributed by atoms with van der Waals surface area (Å²) in [6.07, 6.45) is 3.00. The van der Waals surface area contributed by atoms with Crippen molar-refractivity contribution >= 4 is 58.2 Å². The zero-order valence-corrected chi connectivity index (χ0v) is 28.0. The number of halogens is 1. The number of aromatic nitrogens is 2. The second kappa shape index (κ2) is 13.3. The molecule has 248 valence electrons. The van der Waals surface area contributed by atoms with Gasteiger partial charge in [-0.3, -0.25) is 14.4 Å². The standard InChI is InChI=1S/C34H41ClN8O4/c1-21(44)41-12-10-22(11-13-41)31(45)43-16-14-42(15-17-43)24-8-9-26(28(18-24)47-4)39-33-37-20-25(35)30(40-33)36-19-23-6-5-7-27-29(23)34(2,3)32(46)38-27/h5-9,18,20,22H,10-17,19H2,1-4H3,(H,38,46)(H2,36,37,39,40). The lowest BCUT2D eigenvalue weighted by molar-refractivity contribution is -0.140. The highest BCUT2D eigenvalue weighted by atomic mass is 35.5. The molecular weight excluding hydrogens is 620 g/mol. The van der Waals surface area contributed by atoms with E-state index in [0.717, 1.165) is 48.4 Å². The Morgan fingerprint density at radius 1 is 1.06 bits per heavy atom. The average Bonchev–Trinajstić information content (AvgIpc) is 3.32. The van der Waals surface area contributed by atoms with Crippen molar-refractivity contribution in [3.63, 3.8) is 0 Å². The first-order valence-electron chi connectivity index (χ1n) is 16.0. The first kappa shape index (κ1) is 32.4. The molecule has 0 radical (unpaired) electrons. The van der Waals surface area contributed by atoms with E-state index >= 15 is 0 Å². The third-order valence-corrected chi connectivity index (χ3v) is 9.74. The molecule has 0 atom stereocenters. The number of benzene rings is 2. The van der Waals surface area contributed by atoms with Crippen molar-refractivity contribution in [3.05, 3.63) is 58.7 Å². The van der Waals surface area contributed by atoms with E-state index in [-0.39, 0.29) is 23.6 Å². The van der Waals surface area contributed by atoms with Gasteiger partial charge >= 0.3 is 0 Å². The fourth-order valence-corrected chi connectivity index (χ4v) is 6.85. The molecule has 3 aromatic rings. The van der Waals surface area contributed by atoms with Crippen LogP contribution in [0.1, 0.15) is 44.7 Å². The minimum Gasteiger partial charge on any atom is -0.494 e. The van der Waals surface area contributed by atoms with E-state index in [9.17, 15) is 14.4 Å². The summed E-state index contributed by atoms with van der Waals surface area (Å²) in [5, 5.41) is 9.90. The van der Waals surface area contributed by atoms with Crippen LogP contribution in [0.2, 0.25) is 5.02 Å². The molecule has 3 N–H and O–H groups in total. The summed E-state index contributed by atoms with van der Waals surface area (Å²) in [6, 6.07) is 11.7. The normalized spacial score (nSPS) is 17.6. The Labute approximate surface area is 279 Å². The van der Waals surface area contributed by atoms with Crippen LogP contribution in [0.3, 0.4) is 0 Å². The van der Waals surface area contributed by atoms with Gasteiger partial charge in [-0.15, -0.1) is 0 Å². The van der Waals surface area contributed by atoms with Crippen LogP contribution < -0.4 is 25.6 Å². The minimum atomic E-state index is -0.640. The van der Waals surface area contributed by atoms with Crippen LogP contribution in [0.4, 0.5) is 28.8 Å². The zero-order chi connectivity index (χ0) is 33.3. The van der Waals surface area contributed by atoms with Gasteiger partial charge in [-0.2, -0.15) is 4.98 Å². The maximum atomic E-state index is 13.2. The number of nitrogens with zero attached hydrogens (tertiary/aromatic N) is 5. The Kier molecular flexibility index (Phi) is 9.14. The summed E-state index contributed by atoms with van der Waals surface area (Å²) in [4.78, 5) is 52.4. The second-order valence-corrected chi connectivity index (χ2v) is 13.2. The van der Waals surface area contributed by atoms with Crippen LogP contribution >= 0.6 is 11.6 Å². The van der Waals surface area contributed by atoms with Crippen molar-refractivity contribution in [1.82, 2.24) is 19.8 Å².